The lowest BCUT2D eigenvalue weighted by molar-refractivity contribution is -0.147. The van der Waals surface area contributed by atoms with Gasteiger partial charge in [-0.15, -0.1) is 0 Å². The first-order chi connectivity index (χ1) is 6.67. The molecule has 0 aliphatic heterocycles. The lowest BCUT2D eigenvalue weighted by atomic mass is 10.2. The molecule has 5 nitrogen and oxygen atoms in total. The average Bonchev–Trinajstić information content (AvgIpc) is 2.16. The SMILES string of the molecule is C/C=C(/C(=O)OCC)C(=O)OCCO. The monoisotopic (exact) mass is 202 g/mol. The molecule has 0 spiro atoms. The third-order valence-electron chi connectivity index (χ3n) is 1.33. The predicted octanol–water partition coefficient (Wildman–Crippen LogP) is 0.0313. The van der Waals surface area contributed by atoms with Crippen molar-refractivity contribution in [2.24, 2.45) is 0 Å². The number of carbonyl (C=O) groups excluding carboxylic acids is 2. The second-order valence-corrected chi connectivity index (χ2v) is 2.28. The van der Waals surface area contributed by atoms with Crippen LogP contribution >= 0.6 is 0 Å². The van der Waals surface area contributed by atoms with Crippen LogP contribution in [0.25, 0.3) is 0 Å². The van der Waals surface area contributed by atoms with Crippen LogP contribution in [0, 0.1) is 0 Å². The standard InChI is InChI=1S/C9H14O5/c1-3-7(8(11)13-4-2)9(12)14-6-5-10/h3,10H,4-6H2,1-2H3/b7-3-. The molecular weight excluding hydrogens is 188 g/mol. The van der Waals surface area contributed by atoms with E-state index in [0.717, 1.165) is 0 Å². The van der Waals surface area contributed by atoms with Gasteiger partial charge in [-0.25, -0.2) is 9.59 Å². The average molecular weight is 202 g/mol. The molecule has 0 aromatic heterocycles. The van der Waals surface area contributed by atoms with Gasteiger partial charge in [-0.1, -0.05) is 6.08 Å². The van der Waals surface area contributed by atoms with Crippen molar-refractivity contribution in [1.29, 1.82) is 0 Å². The molecule has 0 aliphatic carbocycles. The van der Waals surface area contributed by atoms with Crippen molar-refractivity contribution in [3.8, 4) is 0 Å². The molecule has 0 saturated carbocycles. The number of carbonyl (C=O) groups is 2. The molecule has 0 saturated heterocycles. The van der Waals surface area contributed by atoms with Crippen LogP contribution in [0.3, 0.4) is 0 Å². The van der Waals surface area contributed by atoms with Gasteiger partial charge in [0.2, 0.25) is 0 Å². The molecule has 0 aliphatic rings. The number of hydrogen-bond donors (Lipinski definition) is 1. The molecule has 0 aromatic carbocycles. The highest BCUT2D eigenvalue weighted by molar-refractivity contribution is 6.13. The minimum Gasteiger partial charge on any atom is -0.462 e. The van der Waals surface area contributed by atoms with Gasteiger partial charge in [-0.3, -0.25) is 0 Å². The third kappa shape index (κ3) is 4.04. The van der Waals surface area contributed by atoms with E-state index in [0.29, 0.717) is 0 Å². The van der Waals surface area contributed by atoms with Gasteiger partial charge < -0.3 is 14.6 Å². The smallest absolute Gasteiger partial charge is 0.345 e. The third-order valence-corrected chi connectivity index (χ3v) is 1.33. The quantitative estimate of drug-likeness (QED) is 0.295. The van der Waals surface area contributed by atoms with Crippen molar-refractivity contribution in [2.75, 3.05) is 19.8 Å². The maximum atomic E-state index is 11.1. The molecule has 0 heterocycles. The van der Waals surface area contributed by atoms with Crippen molar-refractivity contribution < 1.29 is 24.2 Å². The van der Waals surface area contributed by atoms with E-state index in [2.05, 4.69) is 9.47 Å². The first kappa shape index (κ1) is 12.6. The number of hydrogen-bond acceptors (Lipinski definition) is 5. The minimum absolute atomic E-state index is 0.129. The second kappa shape index (κ2) is 7.08. The molecule has 5 heteroatoms. The van der Waals surface area contributed by atoms with Crippen molar-refractivity contribution in [3.63, 3.8) is 0 Å². The van der Waals surface area contributed by atoms with Gasteiger partial charge in [-0.2, -0.15) is 0 Å². The zero-order valence-electron chi connectivity index (χ0n) is 8.28. The fourth-order valence-electron chi connectivity index (χ4n) is 0.744. The number of ether oxygens (including phenoxy) is 2. The van der Waals surface area contributed by atoms with Gasteiger partial charge in [0.25, 0.3) is 0 Å². The van der Waals surface area contributed by atoms with E-state index in [1.165, 1.54) is 13.0 Å². The molecular formula is C9H14O5. The Bertz CT molecular complexity index is 231. The maximum Gasteiger partial charge on any atom is 0.345 e. The van der Waals surface area contributed by atoms with E-state index < -0.39 is 11.9 Å². The Hall–Kier alpha value is -1.36. The summed E-state index contributed by atoms with van der Waals surface area (Å²) in [5.41, 5.74) is -0.152. The first-order valence-electron chi connectivity index (χ1n) is 4.28. The van der Waals surface area contributed by atoms with Crippen molar-refractivity contribution in [2.45, 2.75) is 13.8 Å². The molecule has 0 unspecified atom stereocenters. The highest BCUT2D eigenvalue weighted by Gasteiger charge is 2.19. The van der Waals surface area contributed by atoms with Gasteiger partial charge in [0.15, 0.2) is 0 Å². The number of rotatable bonds is 5. The summed E-state index contributed by atoms with van der Waals surface area (Å²) in [7, 11) is 0. The van der Waals surface area contributed by atoms with E-state index in [1.54, 1.807) is 6.92 Å². The lowest BCUT2D eigenvalue weighted by Gasteiger charge is -2.05. The van der Waals surface area contributed by atoms with Crippen molar-refractivity contribution in [1.82, 2.24) is 0 Å². The summed E-state index contributed by atoms with van der Waals surface area (Å²) in [6.45, 7) is 2.97. The van der Waals surface area contributed by atoms with Crippen LogP contribution in [0.2, 0.25) is 0 Å². The molecule has 0 rings (SSSR count). The molecule has 0 atom stereocenters. The van der Waals surface area contributed by atoms with Crippen LogP contribution in [-0.2, 0) is 19.1 Å². The van der Waals surface area contributed by atoms with Crippen LogP contribution in [0.15, 0.2) is 11.6 Å². The fourth-order valence-corrected chi connectivity index (χ4v) is 0.744. The van der Waals surface area contributed by atoms with E-state index in [4.69, 9.17) is 5.11 Å². The molecule has 0 bridgehead atoms. The van der Waals surface area contributed by atoms with Crippen molar-refractivity contribution >= 4 is 11.9 Å². The highest BCUT2D eigenvalue weighted by Crippen LogP contribution is 2.01. The maximum absolute atomic E-state index is 11.1. The van der Waals surface area contributed by atoms with Crippen LogP contribution in [0.4, 0.5) is 0 Å². The number of aliphatic hydroxyl groups is 1. The highest BCUT2D eigenvalue weighted by atomic mass is 16.6. The second-order valence-electron chi connectivity index (χ2n) is 2.28. The predicted molar refractivity (Wildman–Crippen MR) is 48.4 cm³/mol. The first-order valence-corrected chi connectivity index (χ1v) is 4.28. The fraction of sp³-hybridized carbons (Fsp3) is 0.556. The van der Waals surface area contributed by atoms with Gasteiger partial charge in [0.05, 0.1) is 13.2 Å². The van der Waals surface area contributed by atoms with Crippen LogP contribution in [0.1, 0.15) is 13.8 Å². The zero-order valence-corrected chi connectivity index (χ0v) is 8.28. The summed E-state index contributed by atoms with van der Waals surface area (Å²) in [5.74, 6) is -1.49. The molecule has 14 heavy (non-hydrogen) atoms. The van der Waals surface area contributed by atoms with Crippen molar-refractivity contribution in [3.05, 3.63) is 11.6 Å². The van der Waals surface area contributed by atoms with E-state index >= 15 is 0 Å². The van der Waals surface area contributed by atoms with Crippen LogP contribution in [0.5, 0.6) is 0 Å². The molecule has 0 fully saturated rings. The normalized spacial score (nSPS) is 10.9. The number of aliphatic hydroxyl groups excluding tert-OH is 1. The minimum atomic E-state index is -0.778. The molecule has 0 radical (unpaired) electrons. The Labute approximate surface area is 82.3 Å². The Morgan fingerprint density at radius 2 is 1.86 bits per heavy atom. The Morgan fingerprint density at radius 1 is 1.29 bits per heavy atom. The van der Waals surface area contributed by atoms with Gasteiger partial charge in [0.1, 0.15) is 12.2 Å². The van der Waals surface area contributed by atoms with Gasteiger partial charge in [-0.05, 0) is 13.8 Å². The molecule has 80 valence electrons. The zero-order chi connectivity index (χ0) is 11.0. The van der Waals surface area contributed by atoms with Gasteiger partial charge in [0, 0.05) is 0 Å². The summed E-state index contributed by atoms with van der Waals surface area (Å²) in [6, 6.07) is 0. The summed E-state index contributed by atoms with van der Waals surface area (Å²) in [4.78, 5) is 22.3. The molecule has 0 amide bonds. The Morgan fingerprint density at radius 3 is 2.29 bits per heavy atom. The topological polar surface area (TPSA) is 72.8 Å². The van der Waals surface area contributed by atoms with Crippen LogP contribution < -0.4 is 0 Å². The summed E-state index contributed by atoms with van der Waals surface area (Å²) < 4.78 is 9.18. The van der Waals surface area contributed by atoms with Gasteiger partial charge >= 0.3 is 11.9 Å². The van der Waals surface area contributed by atoms with Crippen LogP contribution in [-0.4, -0.2) is 36.9 Å². The largest absolute Gasteiger partial charge is 0.462 e. The summed E-state index contributed by atoms with van der Waals surface area (Å²) in [6.07, 6.45) is 1.32. The molecule has 0 aromatic rings. The molecule has 1 N–H and O–H groups in total. The van der Waals surface area contributed by atoms with E-state index in [-0.39, 0.29) is 25.4 Å². The Balaban J connectivity index is 4.27. The lowest BCUT2D eigenvalue weighted by Crippen LogP contribution is -2.19. The van der Waals surface area contributed by atoms with E-state index in [9.17, 15) is 9.59 Å². The summed E-state index contributed by atoms with van der Waals surface area (Å²) >= 11 is 0. The number of esters is 2. The number of allylic oxidation sites excluding steroid dienone is 1. The summed E-state index contributed by atoms with van der Waals surface area (Å²) in [5, 5.41) is 8.40. The Kier molecular flexibility index (Phi) is 6.39. The van der Waals surface area contributed by atoms with E-state index in [1.807, 2.05) is 0 Å².